The number of hydrogen-bond acceptors (Lipinski definition) is 6. The summed E-state index contributed by atoms with van der Waals surface area (Å²) in [7, 11) is 4.07. The topological polar surface area (TPSA) is 72.0 Å². The van der Waals surface area contributed by atoms with Crippen LogP contribution in [0.25, 0.3) is 0 Å². The summed E-state index contributed by atoms with van der Waals surface area (Å²) in [4.78, 5) is 2.12. The number of nitrogens with one attached hydrogen (secondary N) is 1. The van der Waals surface area contributed by atoms with Crippen molar-refractivity contribution in [2.24, 2.45) is 0 Å². The van der Waals surface area contributed by atoms with Crippen molar-refractivity contribution in [1.82, 2.24) is 30.4 Å². The third kappa shape index (κ3) is 4.06. The SMILES string of the molecule is CN(C)[C@@H](CNCc1nnnn1Cc1ccccc1)c1ccco1. The minimum Gasteiger partial charge on any atom is -0.468 e. The van der Waals surface area contributed by atoms with Gasteiger partial charge in [0.05, 0.1) is 25.4 Å². The molecule has 0 radical (unpaired) electrons. The van der Waals surface area contributed by atoms with Crippen LogP contribution in [0, 0.1) is 0 Å². The van der Waals surface area contributed by atoms with E-state index in [9.17, 15) is 0 Å². The number of hydrogen-bond donors (Lipinski definition) is 1. The largest absolute Gasteiger partial charge is 0.468 e. The molecule has 0 aliphatic rings. The summed E-state index contributed by atoms with van der Waals surface area (Å²) in [5.41, 5.74) is 1.17. The summed E-state index contributed by atoms with van der Waals surface area (Å²) < 4.78 is 7.34. The van der Waals surface area contributed by atoms with Crippen molar-refractivity contribution < 1.29 is 4.42 Å². The van der Waals surface area contributed by atoms with Crippen LogP contribution in [-0.4, -0.2) is 45.7 Å². The third-order valence-corrected chi connectivity index (χ3v) is 3.90. The summed E-state index contributed by atoms with van der Waals surface area (Å²) in [6.07, 6.45) is 1.70. The Balaban J connectivity index is 1.58. The molecule has 7 nitrogen and oxygen atoms in total. The number of benzene rings is 1. The van der Waals surface area contributed by atoms with Gasteiger partial charge < -0.3 is 9.73 Å². The molecule has 3 aromatic rings. The molecule has 0 saturated heterocycles. The van der Waals surface area contributed by atoms with Gasteiger partial charge in [-0.2, -0.15) is 0 Å². The van der Waals surface area contributed by atoms with Crippen LogP contribution in [0.3, 0.4) is 0 Å². The van der Waals surface area contributed by atoms with Gasteiger partial charge in [-0.15, -0.1) is 5.10 Å². The molecule has 0 spiro atoms. The molecule has 2 aromatic heterocycles. The summed E-state index contributed by atoms with van der Waals surface area (Å²) in [5.74, 6) is 1.76. The number of aromatic nitrogens is 4. The zero-order valence-electron chi connectivity index (χ0n) is 14.0. The highest BCUT2D eigenvalue weighted by Gasteiger charge is 2.17. The molecule has 126 valence electrons. The number of tetrazole rings is 1. The van der Waals surface area contributed by atoms with E-state index < -0.39 is 0 Å². The highest BCUT2D eigenvalue weighted by atomic mass is 16.3. The van der Waals surface area contributed by atoms with Crippen molar-refractivity contribution in [1.29, 1.82) is 0 Å². The van der Waals surface area contributed by atoms with Gasteiger partial charge in [-0.25, -0.2) is 4.68 Å². The molecular formula is C17H22N6O. The van der Waals surface area contributed by atoms with E-state index in [2.05, 4.69) is 37.9 Å². The third-order valence-electron chi connectivity index (χ3n) is 3.90. The van der Waals surface area contributed by atoms with Crippen molar-refractivity contribution in [3.63, 3.8) is 0 Å². The van der Waals surface area contributed by atoms with Crippen molar-refractivity contribution >= 4 is 0 Å². The molecule has 0 fully saturated rings. The lowest BCUT2D eigenvalue weighted by Crippen LogP contribution is -2.31. The second kappa shape index (κ2) is 7.85. The molecule has 0 saturated carbocycles. The first-order valence-electron chi connectivity index (χ1n) is 7.93. The molecular weight excluding hydrogens is 304 g/mol. The molecule has 24 heavy (non-hydrogen) atoms. The van der Waals surface area contributed by atoms with E-state index in [1.54, 1.807) is 6.26 Å². The highest BCUT2D eigenvalue weighted by molar-refractivity contribution is 5.15. The summed E-state index contributed by atoms with van der Waals surface area (Å²) in [6, 6.07) is 14.2. The smallest absolute Gasteiger partial charge is 0.165 e. The van der Waals surface area contributed by atoms with Gasteiger partial charge in [-0.1, -0.05) is 30.3 Å². The van der Waals surface area contributed by atoms with Crippen LogP contribution in [0.1, 0.15) is 23.2 Å². The molecule has 0 aliphatic heterocycles. The minimum absolute atomic E-state index is 0.165. The predicted octanol–water partition coefficient (Wildman–Crippen LogP) is 1.71. The quantitative estimate of drug-likeness (QED) is 0.679. The van der Waals surface area contributed by atoms with Crippen molar-refractivity contribution in [3.05, 3.63) is 65.9 Å². The van der Waals surface area contributed by atoms with Crippen molar-refractivity contribution in [2.75, 3.05) is 20.6 Å². The molecule has 0 unspecified atom stereocenters. The Hall–Kier alpha value is -2.51. The van der Waals surface area contributed by atoms with Gasteiger partial charge in [-0.05, 0) is 42.2 Å². The van der Waals surface area contributed by atoms with Gasteiger partial charge in [0.2, 0.25) is 0 Å². The first-order valence-corrected chi connectivity index (χ1v) is 7.93. The summed E-state index contributed by atoms with van der Waals surface area (Å²) in [5, 5.41) is 15.4. The molecule has 0 aliphatic carbocycles. The zero-order valence-corrected chi connectivity index (χ0v) is 14.0. The van der Waals surface area contributed by atoms with Crippen LogP contribution in [0.2, 0.25) is 0 Å². The number of rotatable bonds is 8. The molecule has 3 rings (SSSR count). The second-order valence-electron chi connectivity index (χ2n) is 5.86. The zero-order chi connectivity index (χ0) is 16.8. The van der Waals surface area contributed by atoms with Gasteiger partial charge in [-0.3, -0.25) is 4.90 Å². The predicted molar refractivity (Wildman–Crippen MR) is 90.2 cm³/mol. The van der Waals surface area contributed by atoms with Crippen molar-refractivity contribution in [2.45, 2.75) is 19.1 Å². The maximum atomic E-state index is 5.52. The minimum atomic E-state index is 0.165. The molecule has 0 amide bonds. The average molecular weight is 326 g/mol. The first kappa shape index (κ1) is 16.4. The van der Waals surface area contributed by atoms with E-state index in [4.69, 9.17) is 4.42 Å². The van der Waals surface area contributed by atoms with Crippen LogP contribution in [-0.2, 0) is 13.1 Å². The van der Waals surface area contributed by atoms with Crippen LogP contribution in [0.5, 0.6) is 0 Å². The van der Waals surface area contributed by atoms with Gasteiger partial charge >= 0.3 is 0 Å². The van der Waals surface area contributed by atoms with Crippen molar-refractivity contribution in [3.8, 4) is 0 Å². The number of likely N-dealkylation sites (N-methyl/N-ethyl adjacent to an activating group) is 1. The van der Waals surface area contributed by atoms with E-state index >= 15 is 0 Å². The van der Waals surface area contributed by atoms with E-state index in [-0.39, 0.29) is 6.04 Å². The van der Waals surface area contributed by atoms with Crippen LogP contribution in [0.4, 0.5) is 0 Å². The Kier molecular flexibility index (Phi) is 5.35. The fourth-order valence-electron chi connectivity index (χ4n) is 2.57. The lowest BCUT2D eigenvalue weighted by atomic mass is 10.2. The van der Waals surface area contributed by atoms with E-state index in [1.165, 1.54) is 5.56 Å². The van der Waals surface area contributed by atoms with Gasteiger partial charge in [0.25, 0.3) is 0 Å². The molecule has 1 atom stereocenters. The van der Waals surface area contributed by atoms with Crippen LogP contribution < -0.4 is 5.32 Å². The van der Waals surface area contributed by atoms with Crippen LogP contribution in [0.15, 0.2) is 53.1 Å². The Morgan fingerprint density at radius 1 is 1.17 bits per heavy atom. The maximum absolute atomic E-state index is 5.52. The van der Waals surface area contributed by atoms with Gasteiger partial charge in [0.1, 0.15) is 5.76 Å². The van der Waals surface area contributed by atoms with Gasteiger partial charge in [0, 0.05) is 6.54 Å². The fourth-order valence-corrected chi connectivity index (χ4v) is 2.57. The Bertz CT molecular complexity index is 723. The van der Waals surface area contributed by atoms with E-state index in [1.807, 2.05) is 49.1 Å². The summed E-state index contributed by atoms with van der Waals surface area (Å²) in [6.45, 7) is 2.02. The second-order valence-corrected chi connectivity index (χ2v) is 5.86. The normalized spacial score (nSPS) is 12.6. The Labute approximate surface area is 141 Å². The number of nitrogens with zero attached hydrogens (tertiary/aromatic N) is 5. The lowest BCUT2D eigenvalue weighted by Gasteiger charge is -2.22. The maximum Gasteiger partial charge on any atom is 0.165 e. The first-order chi connectivity index (χ1) is 11.7. The molecule has 1 N–H and O–H groups in total. The Morgan fingerprint density at radius 3 is 2.71 bits per heavy atom. The summed E-state index contributed by atoms with van der Waals surface area (Å²) >= 11 is 0. The standard InChI is InChI=1S/C17H22N6O/c1-22(2)15(16-9-6-10-24-16)11-18-12-17-19-20-21-23(17)13-14-7-4-3-5-8-14/h3-10,15,18H,11-13H2,1-2H3/t15-/m0/s1. The molecule has 7 heteroatoms. The number of furan rings is 1. The lowest BCUT2D eigenvalue weighted by molar-refractivity contribution is 0.249. The van der Waals surface area contributed by atoms with E-state index in [0.717, 1.165) is 18.1 Å². The Morgan fingerprint density at radius 2 is 2.00 bits per heavy atom. The average Bonchev–Trinajstić information content (AvgIpc) is 3.24. The van der Waals surface area contributed by atoms with E-state index in [0.29, 0.717) is 13.1 Å². The molecule has 1 aromatic carbocycles. The van der Waals surface area contributed by atoms with Gasteiger partial charge in [0.15, 0.2) is 5.82 Å². The van der Waals surface area contributed by atoms with Crippen LogP contribution >= 0.6 is 0 Å². The molecule has 0 bridgehead atoms. The fraction of sp³-hybridized carbons (Fsp3) is 0.353. The monoisotopic (exact) mass is 326 g/mol. The highest BCUT2D eigenvalue weighted by Crippen LogP contribution is 2.17. The molecule has 2 heterocycles.